The van der Waals surface area contributed by atoms with Gasteiger partial charge in [0.05, 0.1) is 0 Å². The molecule has 2 aromatic rings. The molecule has 0 aliphatic heterocycles. The molecule has 1 aromatic carbocycles. The van der Waals surface area contributed by atoms with Gasteiger partial charge in [-0.15, -0.1) is 0 Å². The molecule has 2 nitrogen and oxygen atoms in total. The van der Waals surface area contributed by atoms with Gasteiger partial charge in [-0.25, -0.2) is 0 Å². The predicted octanol–water partition coefficient (Wildman–Crippen LogP) is 3.33. The van der Waals surface area contributed by atoms with E-state index in [-0.39, 0.29) is 0 Å². The molecule has 1 atom stereocenters. The van der Waals surface area contributed by atoms with Gasteiger partial charge in [0, 0.05) is 24.3 Å². The summed E-state index contributed by atoms with van der Waals surface area (Å²) in [6.45, 7) is 3.40. The van der Waals surface area contributed by atoms with Gasteiger partial charge in [0.15, 0.2) is 0 Å². The quantitative estimate of drug-likeness (QED) is 0.849. The van der Waals surface area contributed by atoms with E-state index in [1.54, 1.807) is 0 Å². The van der Waals surface area contributed by atoms with Crippen molar-refractivity contribution < 1.29 is 0 Å². The second kappa shape index (κ2) is 4.19. The van der Waals surface area contributed by atoms with Crippen molar-refractivity contribution >= 4 is 10.9 Å². The summed E-state index contributed by atoms with van der Waals surface area (Å²) in [5, 5.41) is 4.66. The van der Waals surface area contributed by atoms with Crippen LogP contribution in [0.3, 0.4) is 0 Å². The third-order valence-corrected chi connectivity index (χ3v) is 3.88. The van der Waals surface area contributed by atoms with Crippen LogP contribution in [0, 0.1) is 5.92 Å². The summed E-state index contributed by atoms with van der Waals surface area (Å²) in [4.78, 5) is 0. The van der Waals surface area contributed by atoms with E-state index in [9.17, 15) is 0 Å². The first-order valence-corrected chi connectivity index (χ1v) is 6.54. The Kier molecular flexibility index (Phi) is 2.67. The van der Waals surface area contributed by atoms with Crippen molar-refractivity contribution in [2.24, 2.45) is 5.92 Å². The summed E-state index contributed by atoms with van der Waals surface area (Å²) in [7, 11) is 2.01. The number of rotatable bonds is 4. The highest BCUT2D eigenvalue weighted by Crippen LogP contribution is 2.32. The summed E-state index contributed by atoms with van der Waals surface area (Å²) >= 11 is 0. The van der Waals surface area contributed by atoms with Crippen molar-refractivity contribution in [3.8, 4) is 0 Å². The second-order valence-corrected chi connectivity index (χ2v) is 5.24. The Morgan fingerprint density at radius 2 is 2.18 bits per heavy atom. The van der Waals surface area contributed by atoms with E-state index in [0.717, 1.165) is 5.92 Å². The lowest BCUT2D eigenvalue weighted by Crippen LogP contribution is -2.12. The van der Waals surface area contributed by atoms with Crippen LogP contribution in [0.25, 0.3) is 10.9 Å². The van der Waals surface area contributed by atoms with Gasteiger partial charge in [-0.3, -0.25) is 0 Å². The first-order chi connectivity index (χ1) is 8.28. The maximum atomic E-state index is 3.30. The van der Waals surface area contributed by atoms with E-state index in [4.69, 9.17) is 0 Å². The van der Waals surface area contributed by atoms with E-state index in [1.807, 2.05) is 7.05 Å². The number of hydrogen-bond acceptors (Lipinski definition) is 1. The molecule has 90 valence electrons. The molecule has 0 radical (unpaired) electrons. The Bertz CT molecular complexity index is 523. The zero-order valence-corrected chi connectivity index (χ0v) is 10.6. The largest absolute Gasteiger partial charge is 0.347 e. The standard InChI is InChI=1S/C15H20N2/c1-11(16-2)14-6-5-13-7-8-17(15(13)9-14)10-12-3-4-12/h5-9,11-12,16H,3-4,10H2,1-2H3. The smallest absolute Gasteiger partial charge is 0.0483 e. The lowest BCUT2D eigenvalue weighted by atomic mass is 10.1. The van der Waals surface area contributed by atoms with Crippen LogP contribution in [0.2, 0.25) is 0 Å². The van der Waals surface area contributed by atoms with Crippen LogP contribution in [0.4, 0.5) is 0 Å². The van der Waals surface area contributed by atoms with Crippen LogP contribution < -0.4 is 5.32 Å². The van der Waals surface area contributed by atoms with Gasteiger partial charge >= 0.3 is 0 Å². The van der Waals surface area contributed by atoms with E-state index in [0.29, 0.717) is 6.04 Å². The molecule has 1 fully saturated rings. The maximum Gasteiger partial charge on any atom is 0.0483 e. The average Bonchev–Trinajstić information content (AvgIpc) is 3.09. The van der Waals surface area contributed by atoms with Crippen molar-refractivity contribution in [3.63, 3.8) is 0 Å². The molecule has 0 saturated heterocycles. The minimum Gasteiger partial charge on any atom is -0.347 e. The molecule has 3 rings (SSSR count). The van der Waals surface area contributed by atoms with E-state index >= 15 is 0 Å². The van der Waals surface area contributed by atoms with Gasteiger partial charge in [0.25, 0.3) is 0 Å². The zero-order chi connectivity index (χ0) is 11.8. The van der Waals surface area contributed by atoms with Crippen molar-refractivity contribution in [1.82, 2.24) is 9.88 Å². The topological polar surface area (TPSA) is 17.0 Å². The fourth-order valence-corrected chi connectivity index (χ4v) is 2.37. The van der Waals surface area contributed by atoms with Crippen LogP contribution in [-0.4, -0.2) is 11.6 Å². The maximum absolute atomic E-state index is 3.30. The van der Waals surface area contributed by atoms with Gasteiger partial charge in [0.2, 0.25) is 0 Å². The Hall–Kier alpha value is -1.28. The molecular formula is C15H20N2. The summed E-state index contributed by atoms with van der Waals surface area (Å²) in [5.41, 5.74) is 2.76. The highest BCUT2D eigenvalue weighted by atomic mass is 15.0. The molecule has 1 saturated carbocycles. The lowest BCUT2D eigenvalue weighted by molar-refractivity contribution is 0.641. The first kappa shape index (κ1) is 10.8. The molecule has 0 spiro atoms. The summed E-state index contributed by atoms with van der Waals surface area (Å²) in [5.74, 6) is 0.927. The van der Waals surface area contributed by atoms with E-state index in [2.05, 4.69) is 47.3 Å². The fraction of sp³-hybridized carbons (Fsp3) is 0.467. The molecular weight excluding hydrogens is 208 g/mol. The van der Waals surface area contributed by atoms with Crippen molar-refractivity contribution in [2.45, 2.75) is 32.4 Å². The summed E-state index contributed by atoms with van der Waals surface area (Å²) in [6.07, 6.45) is 5.05. The number of fused-ring (bicyclic) bond motifs is 1. The van der Waals surface area contributed by atoms with Gasteiger partial charge < -0.3 is 9.88 Å². The molecule has 1 aliphatic rings. The van der Waals surface area contributed by atoms with Gasteiger partial charge in [-0.05, 0) is 55.8 Å². The van der Waals surface area contributed by atoms with Gasteiger partial charge in [-0.1, -0.05) is 12.1 Å². The second-order valence-electron chi connectivity index (χ2n) is 5.24. The first-order valence-electron chi connectivity index (χ1n) is 6.54. The SMILES string of the molecule is CNC(C)c1ccc2ccn(CC3CC3)c2c1. The molecule has 1 unspecified atom stereocenters. The van der Waals surface area contributed by atoms with Crippen LogP contribution in [0.15, 0.2) is 30.5 Å². The van der Waals surface area contributed by atoms with Crippen LogP contribution in [0.5, 0.6) is 0 Å². The van der Waals surface area contributed by atoms with Crippen LogP contribution >= 0.6 is 0 Å². The normalized spacial score (nSPS) is 17.5. The van der Waals surface area contributed by atoms with Crippen molar-refractivity contribution in [3.05, 3.63) is 36.0 Å². The lowest BCUT2D eigenvalue weighted by Gasteiger charge is -2.12. The van der Waals surface area contributed by atoms with Crippen LogP contribution in [0.1, 0.15) is 31.4 Å². The molecule has 1 aliphatic carbocycles. The van der Waals surface area contributed by atoms with Crippen molar-refractivity contribution in [2.75, 3.05) is 7.05 Å². The Morgan fingerprint density at radius 1 is 1.35 bits per heavy atom. The molecule has 1 aromatic heterocycles. The molecule has 1 N–H and O–H groups in total. The number of nitrogens with one attached hydrogen (secondary N) is 1. The van der Waals surface area contributed by atoms with E-state index < -0.39 is 0 Å². The highest BCUT2D eigenvalue weighted by Gasteiger charge is 2.22. The highest BCUT2D eigenvalue weighted by molar-refractivity contribution is 5.81. The zero-order valence-electron chi connectivity index (χ0n) is 10.6. The summed E-state index contributed by atoms with van der Waals surface area (Å²) < 4.78 is 2.42. The summed E-state index contributed by atoms with van der Waals surface area (Å²) in [6, 6.07) is 9.45. The minimum atomic E-state index is 0.420. The monoisotopic (exact) mass is 228 g/mol. The molecule has 0 amide bonds. The van der Waals surface area contributed by atoms with Crippen molar-refractivity contribution in [1.29, 1.82) is 0 Å². The molecule has 2 heteroatoms. The number of benzene rings is 1. The predicted molar refractivity (Wildman–Crippen MR) is 72.1 cm³/mol. The van der Waals surface area contributed by atoms with Crippen LogP contribution in [-0.2, 0) is 6.54 Å². The van der Waals surface area contributed by atoms with Gasteiger partial charge in [-0.2, -0.15) is 0 Å². The third-order valence-electron chi connectivity index (χ3n) is 3.88. The Morgan fingerprint density at radius 3 is 2.88 bits per heavy atom. The van der Waals surface area contributed by atoms with Gasteiger partial charge in [0.1, 0.15) is 0 Å². The number of aromatic nitrogens is 1. The third kappa shape index (κ3) is 2.09. The molecule has 0 bridgehead atoms. The van der Waals surface area contributed by atoms with E-state index in [1.165, 1.54) is 35.9 Å². The minimum absolute atomic E-state index is 0.420. The Labute approximate surface area is 103 Å². The fourth-order valence-electron chi connectivity index (χ4n) is 2.37. The Balaban J connectivity index is 1.99. The molecule has 17 heavy (non-hydrogen) atoms. The number of hydrogen-bond donors (Lipinski definition) is 1. The molecule has 1 heterocycles. The number of nitrogens with zero attached hydrogens (tertiary/aromatic N) is 1. The average molecular weight is 228 g/mol.